The molecule has 0 aliphatic carbocycles. The molecule has 19 heavy (non-hydrogen) atoms. The monoisotopic (exact) mass is 340 g/mol. The van der Waals surface area contributed by atoms with E-state index in [9.17, 15) is 0 Å². The van der Waals surface area contributed by atoms with Gasteiger partial charge in [-0.25, -0.2) is 0 Å². The summed E-state index contributed by atoms with van der Waals surface area (Å²) in [7, 11) is 0. The minimum atomic E-state index is 0.192. The second-order valence-corrected chi connectivity index (χ2v) is 6.45. The lowest BCUT2D eigenvalue weighted by Crippen LogP contribution is -2.14. The molecule has 0 atom stereocenters. The van der Waals surface area contributed by atoms with E-state index in [1.54, 1.807) is 11.3 Å². The third kappa shape index (κ3) is 4.25. The van der Waals surface area contributed by atoms with E-state index >= 15 is 0 Å². The predicted octanol–water partition coefficient (Wildman–Crippen LogP) is 3.38. The number of halogens is 1. The number of hydrogen-bond donors (Lipinski definition) is 2. The smallest absolute Gasteiger partial charge is 0.143 e. The lowest BCUT2D eigenvalue weighted by molar-refractivity contribution is 0.309. The maximum atomic E-state index is 8.50. The van der Waals surface area contributed by atoms with Crippen molar-refractivity contribution in [3.05, 3.63) is 50.6 Å². The molecular formula is C13H13BrN2O2S. The van der Waals surface area contributed by atoms with Crippen molar-refractivity contribution in [1.82, 2.24) is 0 Å². The van der Waals surface area contributed by atoms with Gasteiger partial charge in [0.1, 0.15) is 18.2 Å². The fourth-order valence-corrected chi connectivity index (χ4v) is 2.93. The Bertz CT molecular complexity index is 566. The molecule has 1 heterocycles. The minimum Gasteiger partial charge on any atom is -0.488 e. The quantitative estimate of drug-likeness (QED) is 0.379. The number of amidine groups is 1. The summed E-state index contributed by atoms with van der Waals surface area (Å²) in [6, 6.07) is 11.6. The van der Waals surface area contributed by atoms with Crippen molar-refractivity contribution < 1.29 is 9.94 Å². The summed E-state index contributed by atoms with van der Waals surface area (Å²) < 4.78 is 6.77. The first-order valence-corrected chi connectivity index (χ1v) is 7.20. The lowest BCUT2D eigenvalue weighted by atomic mass is 10.1. The van der Waals surface area contributed by atoms with Crippen LogP contribution in [0.25, 0.3) is 0 Å². The molecule has 2 aromatic rings. The van der Waals surface area contributed by atoms with Crippen molar-refractivity contribution >= 4 is 33.1 Å². The molecule has 100 valence electrons. The van der Waals surface area contributed by atoms with Gasteiger partial charge in [-0.05, 0) is 45.8 Å². The third-order valence-corrected chi connectivity index (χ3v) is 4.04. The van der Waals surface area contributed by atoms with Crippen LogP contribution in [0, 0.1) is 0 Å². The summed E-state index contributed by atoms with van der Waals surface area (Å²) in [6.07, 6.45) is 0.425. The molecule has 1 aromatic carbocycles. The molecule has 0 unspecified atom stereocenters. The molecule has 4 nitrogen and oxygen atoms in total. The molecule has 0 fully saturated rings. The molecule has 0 aliphatic heterocycles. The summed E-state index contributed by atoms with van der Waals surface area (Å²) >= 11 is 5.07. The van der Waals surface area contributed by atoms with Gasteiger partial charge in [0.25, 0.3) is 0 Å². The summed E-state index contributed by atoms with van der Waals surface area (Å²) in [5.41, 5.74) is 6.42. The van der Waals surface area contributed by atoms with Crippen molar-refractivity contribution in [3.8, 4) is 5.75 Å². The average molecular weight is 341 g/mol. The maximum Gasteiger partial charge on any atom is 0.143 e. The molecule has 1 aromatic heterocycles. The van der Waals surface area contributed by atoms with Crippen LogP contribution in [0.3, 0.4) is 0 Å². The summed E-state index contributed by atoms with van der Waals surface area (Å²) in [6.45, 7) is 0.551. The van der Waals surface area contributed by atoms with Gasteiger partial charge in [0.05, 0.1) is 3.79 Å². The number of nitrogens with two attached hydrogens (primary N) is 1. The highest BCUT2D eigenvalue weighted by Crippen LogP contribution is 2.23. The summed E-state index contributed by atoms with van der Waals surface area (Å²) in [5.74, 6) is 0.991. The minimum absolute atomic E-state index is 0.192. The van der Waals surface area contributed by atoms with Crippen molar-refractivity contribution in [2.75, 3.05) is 0 Å². The lowest BCUT2D eigenvalue weighted by Gasteiger charge is -2.05. The van der Waals surface area contributed by atoms with Crippen LogP contribution < -0.4 is 10.5 Å². The largest absolute Gasteiger partial charge is 0.488 e. The second kappa shape index (κ2) is 6.58. The van der Waals surface area contributed by atoms with Crippen molar-refractivity contribution in [3.63, 3.8) is 0 Å². The van der Waals surface area contributed by atoms with Gasteiger partial charge >= 0.3 is 0 Å². The number of oxime groups is 1. The van der Waals surface area contributed by atoms with Crippen LogP contribution in [-0.4, -0.2) is 11.0 Å². The van der Waals surface area contributed by atoms with Crippen LogP contribution in [0.5, 0.6) is 5.75 Å². The first-order chi connectivity index (χ1) is 9.17. The van der Waals surface area contributed by atoms with Gasteiger partial charge in [-0.1, -0.05) is 17.3 Å². The van der Waals surface area contributed by atoms with Gasteiger partial charge in [-0.15, -0.1) is 11.3 Å². The first-order valence-electron chi connectivity index (χ1n) is 5.60. The Balaban J connectivity index is 1.91. The van der Waals surface area contributed by atoms with Gasteiger partial charge in [0.2, 0.25) is 0 Å². The van der Waals surface area contributed by atoms with E-state index < -0.39 is 0 Å². The Labute approximate surface area is 123 Å². The average Bonchev–Trinajstić information content (AvgIpc) is 2.83. The molecule has 0 aliphatic rings. The van der Waals surface area contributed by atoms with Gasteiger partial charge in [-0.2, -0.15) is 0 Å². The van der Waals surface area contributed by atoms with E-state index in [4.69, 9.17) is 15.7 Å². The van der Waals surface area contributed by atoms with E-state index in [-0.39, 0.29) is 5.84 Å². The number of thiophene rings is 1. The summed E-state index contributed by atoms with van der Waals surface area (Å²) in [4.78, 5) is 1.16. The summed E-state index contributed by atoms with van der Waals surface area (Å²) in [5, 5.41) is 11.4. The number of benzene rings is 1. The Morgan fingerprint density at radius 1 is 1.26 bits per heavy atom. The standard InChI is InChI=1S/C13H13BrN2O2S/c14-12-6-5-11(19-12)8-18-10-3-1-9(2-4-10)7-13(15)16-17/h1-6,17H,7-8H2,(H2,15,16). The Morgan fingerprint density at radius 3 is 2.58 bits per heavy atom. The SMILES string of the molecule is N/C(Cc1ccc(OCc2ccc(Br)s2)cc1)=N\O. The fraction of sp³-hybridized carbons (Fsp3) is 0.154. The number of nitrogens with zero attached hydrogens (tertiary/aromatic N) is 1. The highest BCUT2D eigenvalue weighted by molar-refractivity contribution is 9.11. The molecule has 0 saturated heterocycles. The van der Waals surface area contributed by atoms with Crippen LogP contribution in [-0.2, 0) is 13.0 Å². The molecule has 0 radical (unpaired) electrons. The Morgan fingerprint density at radius 2 is 2.00 bits per heavy atom. The zero-order valence-corrected chi connectivity index (χ0v) is 12.4. The van der Waals surface area contributed by atoms with Crippen molar-refractivity contribution in [2.24, 2.45) is 10.9 Å². The predicted molar refractivity (Wildman–Crippen MR) is 79.9 cm³/mol. The van der Waals surface area contributed by atoms with Crippen molar-refractivity contribution in [2.45, 2.75) is 13.0 Å². The van der Waals surface area contributed by atoms with Crippen LogP contribution in [0.4, 0.5) is 0 Å². The van der Waals surface area contributed by atoms with Crippen molar-refractivity contribution in [1.29, 1.82) is 0 Å². The van der Waals surface area contributed by atoms with E-state index in [0.717, 1.165) is 20.0 Å². The van der Waals surface area contributed by atoms with Crippen LogP contribution in [0.1, 0.15) is 10.4 Å². The van der Waals surface area contributed by atoms with Crippen LogP contribution in [0.2, 0.25) is 0 Å². The number of rotatable bonds is 5. The molecule has 6 heteroatoms. The fourth-order valence-electron chi connectivity index (χ4n) is 1.53. The van der Waals surface area contributed by atoms with Gasteiger partial charge in [0, 0.05) is 11.3 Å². The second-order valence-electron chi connectivity index (χ2n) is 3.91. The van der Waals surface area contributed by atoms with E-state index in [2.05, 4.69) is 21.1 Å². The topological polar surface area (TPSA) is 67.8 Å². The highest BCUT2D eigenvalue weighted by Gasteiger charge is 2.01. The van der Waals surface area contributed by atoms with Gasteiger partial charge < -0.3 is 15.7 Å². The molecule has 0 bridgehead atoms. The van der Waals surface area contributed by atoms with Crippen LogP contribution in [0.15, 0.2) is 45.3 Å². The molecule has 2 rings (SSSR count). The molecule has 0 saturated carbocycles. The number of hydrogen-bond acceptors (Lipinski definition) is 4. The van der Waals surface area contributed by atoms with E-state index in [1.807, 2.05) is 36.4 Å². The molecular weight excluding hydrogens is 328 g/mol. The zero-order chi connectivity index (χ0) is 13.7. The van der Waals surface area contributed by atoms with E-state index in [1.165, 1.54) is 0 Å². The molecule has 0 spiro atoms. The number of ether oxygens (including phenoxy) is 1. The maximum absolute atomic E-state index is 8.50. The molecule has 0 amide bonds. The van der Waals surface area contributed by atoms with E-state index in [0.29, 0.717) is 13.0 Å². The Hall–Kier alpha value is -1.53. The third-order valence-electron chi connectivity index (χ3n) is 2.45. The van der Waals surface area contributed by atoms with Crippen LogP contribution >= 0.6 is 27.3 Å². The Kier molecular flexibility index (Phi) is 4.81. The zero-order valence-electron chi connectivity index (χ0n) is 10.0. The highest BCUT2D eigenvalue weighted by atomic mass is 79.9. The normalized spacial score (nSPS) is 11.5. The first kappa shape index (κ1) is 13.9. The van der Waals surface area contributed by atoms with Gasteiger partial charge in [0.15, 0.2) is 0 Å². The van der Waals surface area contributed by atoms with Gasteiger partial charge in [-0.3, -0.25) is 0 Å². The molecule has 3 N–H and O–H groups in total.